The summed E-state index contributed by atoms with van der Waals surface area (Å²) in [5.74, 6) is 1.24. The minimum absolute atomic E-state index is 0.0124. The number of sulfonamides is 1. The van der Waals surface area contributed by atoms with E-state index in [1.165, 1.54) is 19.3 Å². The van der Waals surface area contributed by atoms with Crippen LogP contribution in [0, 0.1) is 17.8 Å². The van der Waals surface area contributed by atoms with Crippen LogP contribution in [0.15, 0.2) is 41.3 Å². The zero-order chi connectivity index (χ0) is 21.0. The van der Waals surface area contributed by atoms with Crippen LogP contribution in [0.3, 0.4) is 0 Å². The first kappa shape index (κ1) is 19.4. The van der Waals surface area contributed by atoms with Gasteiger partial charge in [0.05, 0.1) is 10.6 Å². The Balaban J connectivity index is 1.26. The van der Waals surface area contributed by atoms with Crippen LogP contribution in [0.4, 0.5) is 10.5 Å². The lowest BCUT2D eigenvalue weighted by molar-refractivity contribution is -0.118. The molecular formula is C22H25N3O4S. The molecule has 3 aliphatic rings. The van der Waals surface area contributed by atoms with Gasteiger partial charge in [-0.1, -0.05) is 30.7 Å². The van der Waals surface area contributed by atoms with Crippen molar-refractivity contribution in [3.63, 3.8) is 0 Å². The molecule has 0 radical (unpaired) electrons. The molecule has 2 aliphatic carbocycles. The fourth-order valence-electron chi connectivity index (χ4n) is 5.68. The van der Waals surface area contributed by atoms with Crippen LogP contribution in [0.1, 0.15) is 32.6 Å². The van der Waals surface area contributed by atoms with Gasteiger partial charge >= 0.3 is 6.03 Å². The van der Waals surface area contributed by atoms with Crippen molar-refractivity contribution in [2.24, 2.45) is 17.8 Å². The second kappa shape index (κ2) is 6.97. The van der Waals surface area contributed by atoms with Crippen LogP contribution < -0.4 is 14.9 Å². The standard InChI is InChI=1S/C22H25N3O4S/c1-13(17-11-14-8-9-16(17)10-14)23-22(27)24-20(26)12-25-18-6-2-4-15-5-3-7-19(21(15)18)30(25,28)29/h2-7,13-14,16-17H,8-12H2,1H3,(H2,23,24,26,27). The van der Waals surface area contributed by atoms with E-state index >= 15 is 0 Å². The zero-order valence-electron chi connectivity index (χ0n) is 16.8. The molecule has 2 aromatic rings. The molecular weight excluding hydrogens is 402 g/mol. The minimum Gasteiger partial charge on any atom is -0.335 e. The number of nitrogens with one attached hydrogen (secondary N) is 2. The van der Waals surface area contributed by atoms with Crippen molar-refractivity contribution in [2.75, 3.05) is 10.8 Å². The van der Waals surface area contributed by atoms with E-state index in [9.17, 15) is 18.0 Å². The number of hydrogen-bond acceptors (Lipinski definition) is 4. The van der Waals surface area contributed by atoms with Gasteiger partial charge in [-0.2, -0.15) is 0 Å². The molecule has 30 heavy (non-hydrogen) atoms. The zero-order valence-corrected chi connectivity index (χ0v) is 17.6. The summed E-state index contributed by atoms with van der Waals surface area (Å²) in [7, 11) is -3.83. The summed E-state index contributed by atoms with van der Waals surface area (Å²) in [6, 6.07) is 9.77. The Morgan fingerprint density at radius 1 is 1.13 bits per heavy atom. The molecule has 4 atom stereocenters. The fraction of sp³-hybridized carbons (Fsp3) is 0.455. The maximum atomic E-state index is 13.0. The molecule has 5 rings (SSSR count). The molecule has 4 unspecified atom stereocenters. The number of imide groups is 1. The van der Waals surface area contributed by atoms with E-state index in [1.807, 2.05) is 19.1 Å². The largest absolute Gasteiger partial charge is 0.335 e. The van der Waals surface area contributed by atoms with E-state index in [0.717, 1.165) is 22.0 Å². The molecule has 3 amide bonds. The first-order valence-corrected chi connectivity index (χ1v) is 11.9. The lowest BCUT2D eigenvalue weighted by Crippen LogP contribution is -2.49. The van der Waals surface area contributed by atoms with E-state index in [1.54, 1.807) is 24.3 Å². The van der Waals surface area contributed by atoms with Crippen molar-refractivity contribution in [2.45, 2.75) is 43.5 Å². The number of amides is 3. The lowest BCUT2D eigenvalue weighted by atomic mass is 9.84. The van der Waals surface area contributed by atoms with Crippen molar-refractivity contribution in [1.29, 1.82) is 0 Å². The van der Waals surface area contributed by atoms with Gasteiger partial charge in [0.25, 0.3) is 10.0 Å². The third-order valence-corrected chi connectivity index (χ3v) is 8.82. The summed E-state index contributed by atoms with van der Waals surface area (Å²) in [5.41, 5.74) is 0.467. The Morgan fingerprint density at radius 2 is 1.90 bits per heavy atom. The van der Waals surface area contributed by atoms with Crippen molar-refractivity contribution in [3.8, 4) is 0 Å². The number of anilines is 1. The summed E-state index contributed by atoms with van der Waals surface area (Å²) in [4.78, 5) is 25.1. The number of nitrogens with zero attached hydrogens (tertiary/aromatic N) is 1. The van der Waals surface area contributed by atoms with Gasteiger partial charge in [0.15, 0.2) is 0 Å². The molecule has 0 spiro atoms. The monoisotopic (exact) mass is 427 g/mol. The summed E-state index contributed by atoms with van der Waals surface area (Å²) in [6.07, 6.45) is 4.89. The highest BCUT2D eigenvalue weighted by atomic mass is 32.2. The summed E-state index contributed by atoms with van der Waals surface area (Å²) in [6.45, 7) is 1.55. The minimum atomic E-state index is -3.83. The number of fused-ring (bicyclic) bond motifs is 2. The van der Waals surface area contributed by atoms with Crippen LogP contribution in [0.5, 0.6) is 0 Å². The fourth-order valence-corrected chi connectivity index (χ4v) is 7.35. The molecule has 0 aromatic heterocycles. The maximum Gasteiger partial charge on any atom is 0.321 e. The van der Waals surface area contributed by atoms with Crippen molar-refractivity contribution in [1.82, 2.24) is 10.6 Å². The SMILES string of the molecule is CC(NC(=O)NC(=O)CN1c2cccc3cccc(c23)S1(=O)=O)C1CC2CCC1C2. The molecule has 2 fully saturated rings. The van der Waals surface area contributed by atoms with Crippen molar-refractivity contribution < 1.29 is 18.0 Å². The van der Waals surface area contributed by atoms with E-state index in [0.29, 0.717) is 22.9 Å². The Morgan fingerprint density at radius 3 is 2.60 bits per heavy atom. The van der Waals surface area contributed by atoms with Crippen LogP contribution in [0.25, 0.3) is 10.8 Å². The maximum absolute atomic E-state index is 13.0. The third kappa shape index (κ3) is 3.05. The number of urea groups is 1. The number of hydrogen-bond donors (Lipinski definition) is 2. The highest BCUT2D eigenvalue weighted by molar-refractivity contribution is 7.93. The topological polar surface area (TPSA) is 95.6 Å². The number of rotatable bonds is 4. The van der Waals surface area contributed by atoms with Gasteiger partial charge < -0.3 is 5.32 Å². The summed E-state index contributed by atoms with van der Waals surface area (Å²) in [5, 5.41) is 6.60. The van der Waals surface area contributed by atoms with Crippen molar-refractivity contribution >= 4 is 38.4 Å². The highest BCUT2D eigenvalue weighted by Gasteiger charge is 2.42. The van der Waals surface area contributed by atoms with Gasteiger partial charge in [0.1, 0.15) is 6.54 Å². The van der Waals surface area contributed by atoms with Crippen molar-refractivity contribution in [3.05, 3.63) is 36.4 Å². The molecule has 158 valence electrons. The van der Waals surface area contributed by atoms with E-state index in [2.05, 4.69) is 10.6 Å². The molecule has 1 aliphatic heterocycles. The number of benzene rings is 2. The summed E-state index contributed by atoms with van der Waals surface area (Å²) >= 11 is 0. The van der Waals surface area contributed by atoms with Gasteiger partial charge in [-0.25, -0.2) is 13.2 Å². The smallest absolute Gasteiger partial charge is 0.321 e. The molecule has 7 nitrogen and oxygen atoms in total. The van der Waals surface area contributed by atoms with E-state index in [-0.39, 0.29) is 10.9 Å². The van der Waals surface area contributed by atoms with Crippen LogP contribution in [-0.4, -0.2) is 32.9 Å². The van der Waals surface area contributed by atoms with E-state index in [4.69, 9.17) is 0 Å². The first-order chi connectivity index (χ1) is 14.3. The first-order valence-electron chi connectivity index (χ1n) is 10.5. The van der Waals surface area contributed by atoms with Gasteiger partial charge in [-0.3, -0.25) is 14.4 Å². The predicted molar refractivity (Wildman–Crippen MR) is 114 cm³/mol. The average Bonchev–Trinajstić information content (AvgIpc) is 3.39. The Bertz CT molecular complexity index is 1140. The molecule has 1 heterocycles. The normalized spacial score (nSPS) is 26.7. The van der Waals surface area contributed by atoms with Crippen LogP contribution >= 0.6 is 0 Å². The molecule has 2 N–H and O–H groups in total. The molecule has 2 aromatic carbocycles. The number of carbonyl (C=O) groups excluding carboxylic acids is 2. The van der Waals surface area contributed by atoms with Gasteiger partial charge in [-0.15, -0.1) is 0 Å². The van der Waals surface area contributed by atoms with Gasteiger partial charge in [0, 0.05) is 11.4 Å². The molecule has 8 heteroatoms. The highest BCUT2D eigenvalue weighted by Crippen LogP contribution is 2.49. The Labute approximate surface area is 175 Å². The third-order valence-electron chi connectivity index (χ3n) is 7.02. The number of carbonyl (C=O) groups is 2. The van der Waals surface area contributed by atoms with Crippen LogP contribution in [0.2, 0.25) is 0 Å². The second-order valence-corrected chi connectivity index (χ2v) is 10.6. The van der Waals surface area contributed by atoms with E-state index < -0.39 is 28.5 Å². The quantitative estimate of drug-likeness (QED) is 0.784. The second-order valence-electron chi connectivity index (χ2n) is 8.79. The molecule has 2 saturated carbocycles. The predicted octanol–water partition coefficient (Wildman–Crippen LogP) is 3.00. The Hall–Kier alpha value is -2.61. The van der Waals surface area contributed by atoms with Gasteiger partial charge in [0.2, 0.25) is 5.91 Å². The molecule has 0 saturated heterocycles. The van der Waals surface area contributed by atoms with Crippen LogP contribution in [-0.2, 0) is 14.8 Å². The molecule has 2 bridgehead atoms. The Kier molecular flexibility index (Phi) is 4.50. The average molecular weight is 428 g/mol. The lowest BCUT2D eigenvalue weighted by Gasteiger charge is -2.28. The van der Waals surface area contributed by atoms with Gasteiger partial charge in [-0.05, 0) is 61.5 Å². The summed E-state index contributed by atoms with van der Waals surface area (Å²) < 4.78 is 27.0.